The van der Waals surface area contributed by atoms with E-state index in [-0.39, 0.29) is 17.9 Å². The highest BCUT2D eigenvalue weighted by molar-refractivity contribution is 7.99. The van der Waals surface area contributed by atoms with E-state index in [1.165, 1.54) is 0 Å². The molecule has 2 N–H and O–H groups in total. The number of nitrogens with one attached hydrogen (secondary N) is 2. The van der Waals surface area contributed by atoms with Gasteiger partial charge in [0.15, 0.2) is 5.50 Å². The second kappa shape index (κ2) is 9.13. The Morgan fingerprint density at radius 1 is 1.68 bits per heavy atom. The number of amides is 1. The van der Waals surface area contributed by atoms with Crippen LogP contribution in [0.3, 0.4) is 0 Å². The second-order valence-corrected chi connectivity index (χ2v) is 4.69. The Morgan fingerprint density at radius 2 is 2.53 bits per heavy atom. The van der Waals surface area contributed by atoms with Gasteiger partial charge in [0, 0.05) is 25.3 Å². The number of hydrogen-bond acceptors (Lipinski definition) is 4. The normalized spacial score (nSPS) is 16.4. The zero-order valence-electron chi connectivity index (χ0n) is 10.9. The van der Waals surface area contributed by atoms with Gasteiger partial charge in [0.1, 0.15) is 0 Å². The van der Waals surface area contributed by atoms with Crippen LogP contribution in [0.4, 0.5) is 0 Å². The summed E-state index contributed by atoms with van der Waals surface area (Å²) in [7, 11) is 0. The first kappa shape index (κ1) is 15.2. The highest BCUT2D eigenvalue weighted by atomic mass is 32.2. The number of terminal acetylenes is 1. The van der Waals surface area contributed by atoms with E-state index in [9.17, 15) is 4.79 Å². The summed E-state index contributed by atoms with van der Waals surface area (Å²) in [6.45, 7) is 0.288. The van der Waals surface area contributed by atoms with Gasteiger partial charge in [-0.1, -0.05) is 17.8 Å². The molecule has 0 fully saturated rings. The summed E-state index contributed by atoms with van der Waals surface area (Å²) < 4.78 is 0. The van der Waals surface area contributed by atoms with E-state index in [1.807, 2.05) is 12.5 Å². The van der Waals surface area contributed by atoms with Crippen LogP contribution >= 0.6 is 11.8 Å². The molecule has 0 aromatic carbocycles. The van der Waals surface area contributed by atoms with Crippen molar-refractivity contribution in [3.05, 3.63) is 11.8 Å². The highest BCUT2D eigenvalue weighted by Crippen LogP contribution is 2.08. The molecule has 0 spiro atoms. The van der Waals surface area contributed by atoms with E-state index in [1.54, 1.807) is 18.0 Å². The first-order chi connectivity index (χ1) is 9.26. The summed E-state index contributed by atoms with van der Waals surface area (Å²) in [5.41, 5.74) is 0.951. The summed E-state index contributed by atoms with van der Waals surface area (Å²) in [4.78, 5) is 15.5. The summed E-state index contributed by atoms with van der Waals surface area (Å²) in [6.07, 6.45) is 12.5. The number of rotatable bonds is 5. The van der Waals surface area contributed by atoms with Crippen LogP contribution < -0.4 is 10.6 Å². The number of hydrogen-bond donors (Lipinski definition) is 2. The number of allylic oxidation sites excluding steroid dienone is 1. The molecule has 1 aliphatic heterocycles. The van der Waals surface area contributed by atoms with Gasteiger partial charge in [0.2, 0.25) is 5.91 Å². The van der Waals surface area contributed by atoms with E-state index in [4.69, 9.17) is 6.42 Å². The molecule has 1 amide bonds. The van der Waals surface area contributed by atoms with Gasteiger partial charge in [-0.15, -0.1) is 18.2 Å². The van der Waals surface area contributed by atoms with Crippen molar-refractivity contribution in [3.63, 3.8) is 0 Å². The van der Waals surface area contributed by atoms with Crippen LogP contribution in [0.15, 0.2) is 16.8 Å². The monoisotopic (exact) mass is 275 g/mol. The molecular weight excluding hydrogens is 258 g/mol. The highest BCUT2D eigenvalue weighted by Gasteiger charge is 2.04. The van der Waals surface area contributed by atoms with Crippen molar-refractivity contribution in [2.45, 2.75) is 24.8 Å². The predicted octanol–water partition coefficient (Wildman–Crippen LogP) is 1.11. The fourth-order valence-corrected chi connectivity index (χ4v) is 1.71. The van der Waals surface area contributed by atoms with Gasteiger partial charge < -0.3 is 10.6 Å². The van der Waals surface area contributed by atoms with Gasteiger partial charge in [-0.2, -0.15) is 0 Å². The quantitative estimate of drug-likeness (QED) is 0.584. The van der Waals surface area contributed by atoms with Crippen molar-refractivity contribution in [1.82, 2.24) is 10.6 Å². The molecule has 4 nitrogen and oxygen atoms in total. The van der Waals surface area contributed by atoms with E-state index in [0.717, 1.165) is 12.0 Å². The maximum atomic E-state index is 11.2. The number of carbonyl (C=O) groups is 1. The molecule has 0 aromatic heterocycles. The molecule has 19 heavy (non-hydrogen) atoms. The van der Waals surface area contributed by atoms with E-state index in [0.29, 0.717) is 12.8 Å². The number of thioether (sulfide) groups is 1. The van der Waals surface area contributed by atoms with Crippen molar-refractivity contribution in [2.75, 3.05) is 12.8 Å². The standard InChI is InChI=1S/C14H17N3OS/c1-3-9-15-13(18)8-6-4-5-7-12-10-16-14(19-2)17-11-12/h1,10-11,14,16H,4,6,8-9H2,2H3,(H,15,18). The zero-order chi connectivity index (χ0) is 13.9. The van der Waals surface area contributed by atoms with Crippen LogP contribution in [0, 0.1) is 24.2 Å². The lowest BCUT2D eigenvalue weighted by atomic mass is 10.2. The molecule has 1 rings (SSSR count). The van der Waals surface area contributed by atoms with Crippen LogP contribution in [0.1, 0.15) is 19.3 Å². The molecule has 0 aliphatic carbocycles. The second-order valence-electron chi connectivity index (χ2n) is 3.77. The van der Waals surface area contributed by atoms with Gasteiger partial charge in [-0.05, 0) is 12.7 Å². The molecule has 1 aliphatic rings. The third-order valence-corrected chi connectivity index (χ3v) is 2.98. The third-order valence-electron chi connectivity index (χ3n) is 2.28. The average molecular weight is 275 g/mol. The number of carbonyl (C=O) groups excluding carboxylic acids is 1. The first-order valence-electron chi connectivity index (χ1n) is 5.97. The minimum atomic E-state index is -0.0253. The Hall–Kier alpha value is -1.85. The first-order valence-corrected chi connectivity index (χ1v) is 7.26. The molecule has 0 bridgehead atoms. The fourth-order valence-electron chi connectivity index (χ4n) is 1.33. The van der Waals surface area contributed by atoms with Gasteiger partial charge in [-0.25, -0.2) is 0 Å². The van der Waals surface area contributed by atoms with Gasteiger partial charge in [0.25, 0.3) is 0 Å². The van der Waals surface area contributed by atoms with Gasteiger partial charge in [-0.3, -0.25) is 9.79 Å². The Labute approximate surface area is 118 Å². The Balaban J connectivity index is 2.19. The van der Waals surface area contributed by atoms with Crippen molar-refractivity contribution in [3.8, 4) is 24.2 Å². The maximum absolute atomic E-state index is 11.2. The largest absolute Gasteiger partial charge is 0.360 e. The SMILES string of the molecule is C#CCNC(=O)CCCC#CC1=CNC(SC)N=C1. The van der Waals surface area contributed by atoms with Crippen molar-refractivity contribution in [2.24, 2.45) is 4.99 Å². The molecule has 0 saturated carbocycles. The average Bonchev–Trinajstić information content (AvgIpc) is 2.45. The van der Waals surface area contributed by atoms with E-state index in [2.05, 4.69) is 33.4 Å². The minimum absolute atomic E-state index is 0.0253. The third kappa shape index (κ3) is 6.59. The van der Waals surface area contributed by atoms with E-state index >= 15 is 0 Å². The molecule has 100 valence electrons. The summed E-state index contributed by atoms with van der Waals surface area (Å²) in [5, 5.41) is 5.73. The molecule has 1 unspecified atom stereocenters. The topological polar surface area (TPSA) is 53.5 Å². The predicted molar refractivity (Wildman–Crippen MR) is 80.5 cm³/mol. The van der Waals surface area contributed by atoms with Gasteiger partial charge in [0.05, 0.1) is 12.1 Å². The van der Waals surface area contributed by atoms with Crippen LogP contribution in [-0.2, 0) is 4.79 Å². The van der Waals surface area contributed by atoms with E-state index < -0.39 is 0 Å². The number of nitrogens with zero attached hydrogens (tertiary/aromatic N) is 1. The summed E-state index contributed by atoms with van der Waals surface area (Å²) >= 11 is 1.63. The lowest BCUT2D eigenvalue weighted by Gasteiger charge is -2.13. The maximum Gasteiger partial charge on any atom is 0.220 e. The van der Waals surface area contributed by atoms with Crippen molar-refractivity contribution in [1.29, 1.82) is 0 Å². The minimum Gasteiger partial charge on any atom is -0.360 e. The lowest BCUT2D eigenvalue weighted by molar-refractivity contribution is -0.120. The molecule has 5 heteroatoms. The smallest absolute Gasteiger partial charge is 0.220 e. The lowest BCUT2D eigenvalue weighted by Crippen LogP contribution is -2.22. The zero-order valence-corrected chi connectivity index (χ0v) is 11.7. The van der Waals surface area contributed by atoms with Gasteiger partial charge >= 0.3 is 0 Å². The number of unbranched alkanes of at least 4 members (excludes halogenated alkanes) is 1. The summed E-state index contributed by atoms with van der Waals surface area (Å²) in [5.74, 6) is 8.37. The number of aliphatic imine (C=N–C) groups is 1. The Bertz CT molecular complexity index is 465. The Kier molecular flexibility index (Phi) is 7.31. The molecule has 0 saturated heterocycles. The molecule has 0 radical (unpaired) electrons. The fraction of sp³-hybridized carbons (Fsp3) is 0.429. The van der Waals surface area contributed by atoms with Crippen LogP contribution in [0.5, 0.6) is 0 Å². The van der Waals surface area contributed by atoms with Crippen molar-refractivity contribution < 1.29 is 4.79 Å². The van der Waals surface area contributed by atoms with Crippen LogP contribution in [-0.4, -0.2) is 30.4 Å². The molecule has 1 atom stereocenters. The summed E-state index contributed by atoms with van der Waals surface area (Å²) in [6, 6.07) is 0. The molecule has 1 heterocycles. The van der Waals surface area contributed by atoms with Crippen LogP contribution in [0.2, 0.25) is 0 Å². The molecular formula is C14H17N3OS. The van der Waals surface area contributed by atoms with Crippen LogP contribution in [0.25, 0.3) is 0 Å². The molecule has 0 aromatic rings. The Morgan fingerprint density at radius 3 is 3.16 bits per heavy atom. The van der Waals surface area contributed by atoms with Crippen molar-refractivity contribution >= 4 is 23.9 Å².